The molecule has 0 spiro atoms. The number of carbonyl (C=O) groups excluding carboxylic acids is 2. The van der Waals surface area contributed by atoms with Gasteiger partial charge in [0.05, 0.1) is 0 Å². The lowest BCUT2D eigenvalue weighted by Gasteiger charge is -2.25. The Hall–Kier alpha value is -1.98. The van der Waals surface area contributed by atoms with Gasteiger partial charge in [-0.15, -0.1) is 0 Å². The molecule has 2 amide bonds. The lowest BCUT2D eigenvalue weighted by atomic mass is 10.1. The van der Waals surface area contributed by atoms with Crippen LogP contribution >= 0.6 is 23.4 Å². The van der Waals surface area contributed by atoms with Gasteiger partial charge in [-0.3, -0.25) is 9.59 Å². The molecular formula is C20H23ClN2O2S. The molecule has 0 bridgehead atoms. The fourth-order valence-corrected chi connectivity index (χ4v) is 3.22. The molecule has 0 aliphatic heterocycles. The Bertz CT molecular complexity index is 740. The van der Waals surface area contributed by atoms with Crippen molar-refractivity contribution >= 4 is 35.2 Å². The zero-order valence-electron chi connectivity index (χ0n) is 14.9. The number of thioether (sulfide) groups is 1. The first-order valence-corrected chi connectivity index (χ1v) is 10.1. The van der Waals surface area contributed by atoms with Crippen molar-refractivity contribution in [3.05, 3.63) is 70.7 Å². The van der Waals surface area contributed by atoms with Crippen LogP contribution in [0.3, 0.4) is 0 Å². The smallest absolute Gasteiger partial charge is 0.251 e. The Labute approximate surface area is 163 Å². The van der Waals surface area contributed by atoms with Gasteiger partial charge in [0.2, 0.25) is 5.91 Å². The van der Waals surface area contributed by atoms with Crippen LogP contribution in [-0.2, 0) is 11.3 Å². The van der Waals surface area contributed by atoms with E-state index in [1.807, 2.05) is 30.5 Å². The number of rotatable bonds is 8. The fourth-order valence-electron chi connectivity index (χ4n) is 2.55. The minimum atomic E-state index is -0.567. The normalized spacial score (nSPS) is 11.7. The Morgan fingerprint density at radius 2 is 1.77 bits per heavy atom. The van der Waals surface area contributed by atoms with Gasteiger partial charge in [0.15, 0.2) is 0 Å². The van der Waals surface area contributed by atoms with Gasteiger partial charge in [-0.2, -0.15) is 11.8 Å². The second-order valence-corrected chi connectivity index (χ2v) is 7.35. The Morgan fingerprint density at radius 1 is 1.12 bits per heavy atom. The van der Waals surface area contributed by atoms with Crippen LogP contribution in [-0.4, -0.2) is 41.8 Å². The Balaban J connectivity index is 2.08. The Kier molecular flexibility index (Phi) is 8.01. The fraction of sp³-hybridized carbons (Fsp3) is 0.300. The van der Waals surface area contributed by atoms with E-state index in [2.05, 4.69) is 5.32 Å². The van der Waals surface area contributed by atoms with Crippen LogP contribution in [0, 0.1) is 0 Å². The van der Waals surface area contributed by atoms with Crippen LogP contribution in [0.25, 0.3) is 0 Å². The molecule has 1 atom stereocenters. The summed E-state index contributed by atoms with van der Waals surface area (Å²) in [5, 5.41) is 3.50. The minimum absolute atomic E-state index is 0.122. The molecule has 4 nitrogen and oxygen atoms in total. The summed E-state index contributed by atoms with van der Waals surface area (Å²) >= 11 is 7.83. The number of carbonyl (C=O) groups is 2. The zero-order chi connectivity index (χ0) is 18.9. The number of likely N-dealkylation sites (N-methyl/N-ethyl adjacent to an activating group) is 1. The number of halogens is 1. The van der Waals surface area contributed by atoms with Gasteiger partial charge in [-0.25, -0.2) is 0 Å². The molecule has 0 aliphatic carbocycles. The summed E-state index contributed by atoms with van der Waals surface area (Å²) in [6.45, 7) is 0.398. The monoisotopic (exact) mass is 390 g/mol. The summed E-state index contributed by atoms with van der Waals surface area (Å²) in [7, 11) is 1.73. The van der Waals surface area contributed by atoms with Crippen molar-refractivity contribution < 1.29 is 9.59 Å². The summed E-state index contributed by atoms with van der Waals surface area (Å²) < 4.78 is 0. The number of nitrogens with zero attached hydrogens (tertiary/aromatic N) is 1. The minimum Gasteiger partial charge on any atom is -0.340 e. The van der Waals surface area contributed by atoms with Crippen LogP contribution in [0.1, 0.15) is 22.3 Å². The van der Waals surface area contributed by atoms with E-state index in [1.54, 1.807) is 54.0 Å². The van der Waals surface area contributed by atoms with Gasteiger partial charge in [0.25, 0.3) is 5.91 Å². The van der Waals surface area contributed by atoms with Gasteiger partial charge >= 0.3 is 0 Å². The molecule has 2 rings (SSSR count). The number of hydrogen-bond donors (Lipinski definition) is 1. The molecule has 1 unspecified atom stereocenters. The zero-order valence-corrected chi connectivity index (χ0v) is 16.5. The Morgan fingerprint density at radius 3 is 2.42 bits per heavy atom. The standard InChI is InChI=1S/C20H23ClN2O2S/c1-23(14-16-10-6-7-11-17(16)21)20(25)18(12-13-26-2)22-19(24)15-8-4-3-5-9-15/h3-11,18H,12-14H2,1-2H3,(H,22,24). The maximum atomic E-state index is 12.9. The molecule has 2 aromatic rings. The van der Waals surface area contributed by atoms with Gasteiger partial charge in [-0.05, 0) is 42.2 Å². The number of nitrogens with one attached hydrogen (secondary N) is 1. The van der Waals surface area contributed by atoms with E-state index in [-0.39, 0.29) is 11.8 Å². The van der Waals surface area contributed by atoms with E-state index >= 15 is 0 Å². The van der Waals surface area contributed by atoms with E-state index in [0.29, 0.717) is 23.6 Å². The van der Waals surface area contributed by atoms with E-state index in [9.17, 15) is 9.59 Å². The van der Waals surface area contributed by atoms with E-state index in [1.165, 1.54) is 0 Å². The summed E-state index contributed by atoms with van der Waals surface area (Å²) in [6.07, 6.45) is 2.56. The molecule has 2 aromatic carbocycles. The quantitative estimate of drug-likeness (QED) is 0.744. The van der Waals surface area contributed by atoms with Crippen molar-refractivity contribution in [2.75, 3.05) is 19.1 Å². The largest absolute Gasteiger partial charge is 0.340 e. The van der Waals surface area contributed by atoms with Gasteiger partial charge in [-0.1, -0.05) is 48.0 Å². The molecule has 0 aromatic heterocycles. The maximum Gasteiger partial charge on any atom is 0.251 e. The summed E-state index contributed by atoms with van der Waals surface area (Å²) in [5.74, 6) is 0.422. The van der Waals surface area contributed by atoms with Gasteiger partial charge in [0, 0.05) is 24.2 Å². The highest BCUT2D eigenvalue weighted by molar-refractivity contribution is 7.98. The maximum absolute atomic E-state index is 12.9. The summed E-state index contributed by atoms with van der Waals surface area (Å²) in [6, 6.07) is 15.8. The second kappa shape index (κ2) is 10.2. The van der Waals surface area contributed by atoms with Crippen molar-refractivity contribution in [3.63, 3.8) is 0 Å². The molecule has 6 heteroatoms. The van der Waals surface area contributed by atoms with E-state index in [4.69, 9.17) is 11.6 Å². The average molecular weight is 391 g/mol. The molecule has 0 aliphatic rings. The first kappa shape index (κ1) is 20.3. The molecule has 0 heterocycles. The third-order valence-electron chi connectivity index (χ3n) is 3.99. The predicted octanol–water partition coefficient (Wildman–Crippen LogP) is 3.85. The summed E-state index contributed by atoms with van der Waals surface area (Å²) in [5.41, 5.74) is 1.42. The number of hydrogen-bond acceptors (Lipinski definition) is 3. The van der Waals surface area contributed by atoms with Gasteiger partial charge in [0.1, 0.15) is 6.04 Å². The molecule has 0 saturated heterocycles. The first-order valence-electron chi connectivity index (χ1n) is 8.36. The highest BCUT2D eigenvalue weighted by atomic mass is 35.5. The van der Waals surface area contributed by atoms with Crippen LogP contribution < -0.4 is 5.32 Å². The van der Waals surface area contributed by atoms with Crippen LogP contribution in [0.5, 0.6) is 0 Å². The highest BCUT2D eigenvalue weighted by Crippen LogP contribution is 2.17. The van der Waals surface area contributed by atoms with Crippen LogP contribution in [0.15, 0.2) is 54.6 Å². The molecular weight excluding hydrogens is 368 g/mol. The lowest BCUT2D eigenvalue weighted by molar-refractivity contribution is -0.132. The number of amides is 2. The third-order valence-corrected chi connectivity index (χ3v) is 5.00. The second-order valence-electron chi connectivity index (χ2n) is 5.96. The molecule has 0 saturated carbocycles. The first-order chi connectivity index (χ1) is 12.5. The topological polar surface area (TPSA) is 49.4 Å². The average Bonchev–Trinajstić information content (AvgIpc) is 2.66. The van der Waals surface area contributed by atoms with Crippen molar-refractivity contribution in [1.82, 2.24) is 10.2 Å². The van der Waals surface area contributed by atoms with Gasteiger partial charge < -0.3 is 10.2 Å². The number of benzene rings is 2. The molecule has 138 valence electrons. The van der Waals surface area contributed by atoms with Crippen molar-refractivity contribution in [2.45, 2.75) is 19.0 Å². The molecule has 1 N–H and O–H groups in total. The van der Waals surface area contributed by atoms with Crippen molar-refractivity contribution in [3.8, 4) is 0 Å². The predicted molar refractivity (Wildman–Crippen MR) is 109 cm³/mol. The van der Waals surface area contributed by atoms with E-state index < -0.39 is 6.04 Å². The van der Waals surface area contributed by atoms with E-state index in [0.717, 1.165) is 11.3 Å². The summed E-state index contributed by atoms with van der Waals surface area (Å²) in [4.78, 5) is 26.9. The van der Waals surface area contributed by atoms with Crippen molar-refractivity contribution in [1.29, 1.82) is 0 Å². The molecule has 0 radical (unpaired) electrons. The van der Waals surface area contributed by atoms with Crippen LogP contribution in [0.2, 0.25) is 5.02 Å². The molecule has 26 heavy (non-hydrogen) atoms. The third kappa shape index (κ3) is 5.78. The van der Waals surface area contributed by atoms with Crippen LogP contribution in [0.4, 0.5) is 0 Å². The lowest BCUT2D eigenvalue weighted by Crippen LogP contribution is -2.47. The SMILES string of the molecule is CSCCC(NC(=O)c1ccccc1)C(=O)N(C)Cc1ccccc1Cl. The highest BCUT2D eigenvalue weighted by Gasteiger charge is 2.24. The van der Waals surface area contributed by atoms with Crippen molar-refractivity contribution in [2.24, 2.45) is 0 Å². The molecule has 0 fully saturated rings.